The summed E-state index contributed by atoms with van der Waals surface area (Å²) < 4.78 is 5.66. The van der Waals surface area contributed by atoms with E-state index in [1.807, 2.05) is 24.3 Å². The molecule has 1 atom stereocenters. The first-order chi connectivity index (χ1) is 9.31. The molecule has 1 aromatic carbocycles. The highest BCUT2D eigenvalue weighted by Crippen LogP contribution is 2.29. The van der Waals surface area contributed by atoms with Crippen LogP contribution >= 0.6 is 0 Å². The Morgan fingerprint density at radius 3 is 2.68 bits per heavy atom. The van der Waals surface area contributed by atoms with Gasteiger partial charge in [-0.3, -0.25) is 4.79 Å². The van der Waals surface area contributed by atoms with Gasteiger partial charge in [-0.25, -0.2) is 0 Å². The van der Waals surface area contributed by atoms with Crippen LogP contribution in [0.3, 0.4) is 0 Å². The van der Waals surface area contributed by atoms with Gasteiger partial charge in [0.25, 0.3) is 5.91 Å². The summed E-state index contributed by atoms with van der Waals surface area (Å²) in [6.45, 7) is 2.66. The minimum Gasteiger partial charge on any atom is -0.493 e. The number of ether oxygens (including phenoxy) is 1. The van der Waals surface area contributed by atoms with Crippen LogP contribution in [0.15, 0.2) is 24.3 Å². The van der Waals surface area contributed by atoms with Crippen LogP contribution in [-0.2, 0) is 0 Å². The van der Waals surface area contributed by atoms with E-state index in [2.05, 4.69) is 10.6 Å². The van der Waals surface area contributed by atoms with E-state index in [9.17, 15) is 4.79 Å². The van der Waals surface area contributed by atoms with Crippen LogP contribution in [0.4, 0.5) is 0 Å². The van der Waals surface area contributed by atoms with E-state index >= 15 is 0 Å². The Kier molecular flexibility index (Phi) is 3.69. The third kappa shape index (κ3) is 3.47. The summed E-state index contributed by atoms with van der Waals surface area (Å²) in [5.74, 6) is 1.60. The van der Waals surface area contributed by atoms with Crippen LogP contribution in [0.25, 0.3) is 0 Å². The van der Waals surface area contributed by atoms with Gasteiger partial charge in [0.05, 0.1) is 6.61 Å². The van der Waals surface area contributed by atoms with Crippen LogP contribution in [0.2, 0.25) is 0 Å². The predicted octanol–water partition coefficient (Wildman–Crippen LogP) is 1.57. The Hall–Kier alpha value is -1.55. The lowest BCUT2D eigenvalue weighted by Gasteiger charge is -2.11. The van der Waals surface area contributed by atoms with Crippen molar-refractivity contribution in [2.75, 3.05) is 19.7 Å². The van der Waals surface area contributed by atoms with Gasteiger partial charge in [-0.1, -0.05) is 0 Å². The monoisotopic (exact) mass is 260 g/mol. The molecule has 2 N–H and O–H groups in total. The van der Waals surface area contributed by atoms with Gasteiger partial charge in [-0.2, -0.15) is 0 Å². The quantitative estimate of drug-likeness (QED) is 0.845. The van der Waals surface area contributed by atoms with Crippen molar-refractivity contribution in [3.63, 3.8) is 0 Å². The van der Waals surface area contributed by atoms with Crippen molar-refractivity contribution in [2.45, 2.75) is 25.3 Å². The highest BCUT2D eigenvalue weighted by molar-refractivity contribution is 5.94. The fourth-order valence-electron chi connectivity index (χ4n) is 2.25. The maximum absolute atomic E-state index is 12.0. The molecule has 1 saturated carbocycles. The predicted molar refractivity (Wildman–Crippen MR) is 73.4 cm³/mol. The second-order valence-electron chi connectivity index (χ2n) is 5.44. The number of hydrogen-bond donors (Lipinski definition) is 2. The fraction of sp³-hybridized carbons (Fsp3) is 0.533. The maximum Gasteiger partial charge on any atom is 0.251 e. The molecule has 1 aliphatic carbocycles. The van der Waals surface area contributed by atoms with E-state index in [1.54, 1.807) is 0 Å². The van der Waals surface area contributed by atoms with Gasteiger partial charge >= 0.3 is 0 Å². The summed E-state index contributed by atoms with van der Waals surface area (Å²) in [7, 11) is 0. The molecule has 1 aromatic rings. The summed E-state index contributed by atoms with van der Waals surface area (Å²) in [6, 6.07) is 7.69. The molecular weight excluding hydrogens is 240 g/mol. The third-order valence-electron chi connectivity index (χ3n) is 3.69. The first-order valence-corrected chi connectivity index (χ1v) is 7.06. The zero-order chi connectivity index (χ0) is 13.1. The minimum absolute atomic E-state index is 0.00226. The number of benzene rings is 1. The number of carbonyl (C=O) groups is 1. The molecule has 1 heterocycles. The molecule has 102 valence electrons. The van der Waals surface area contributed by atoms with Crippen molar-refractivity contribution in [3.8, 4) is 5.75 Å². The zero-order valence-corrected chi connectivity index (χ0v) is 11.0. The molecule has 3 rings (SSSR count). The highest BCUT2D eigenvalue weighted by atomic mass is 16.5. The molecule has 0 aromatic heterocycles. The Bertz CT molecular complexity index is 434. The normalized spacial score (nSPS) is 22.2. The summed E-state index contributed by atoms with van der Waals surface area (Å²) in [6.07, 6.45) is 3.58. The molecule has 1 amide bonds. The smallest absolute Gasteiger partial charge is 0.251 e. The maximum atomic E-state index is 12.0. The summed E-state index contributed by atoms with van der Waals surface area (Å²) >= 11 is 0. The Balaban J connectivity index is 1.52. The summed E-state index contributed by atoms with van der Waals surface area (Å²) in [5.41, 5.74) is 0.700. The first kappa shape index (κ1) is 12.5. The molecule has 1 unspecified atom stereocenters. The van der Waals surface area contributed by atoms with E-state index in [-0.39, 0.29) is 11.9 Å². The van der Waals surface area contributed by atoms with E-state index in [4.69, 9.17) is 4.74 Å². The topological polar surface area (TPSA) is 50.4 Å². The van der Waals surface area contributed by atoms with Gasteiger partial charge in [0.15, 0.2) is 0 Å². The molecular formula is C15H20N2O2. The van der Waals surface area contributed by atoms with E-state index in [1.165, 1.54) is 12.8 Å². The SMILES string of the molecule is O=C(NC1CCNC1)c1ccc(OCC2CC2)cc1. The minimum atomic E-state index is 0.00226. The zero-order valence-electron chi connectivity index (χ0n) is 11.0. The number of nitrogens with one attached hydrogen (secondary N) is 2. The van der Waals surface area contributed by atoms with Crippen LogP contribution in [0, 0.1) is 5.92 Å². The summed E-state index contributed by atoms with van der Waals surface area (Å²) in [4.78, 5) is 12.0. The molecule has 4 nitrogen and oxygen atoms in total. The molecule has 1 saturated heterocycles. The van der Waals surface area contributed by atoms with Crippen molar-refractivity contribution in [1.29, 1.82) is 0 Å². The third-order valence-corrected chi connectivity index (χ3v) is 3.69. The van der Waals surface area contributed by atoms with Crippen LogP contribution < -0.4 is 15.4 Å². The Morgan fingerprint density at radius 2 is 2.05 bits per heavy atom. The molecule has 2 fully saturated rings. The molecule has 4 heteroatoms. The number of rotatable bonds is 5. The van der Waals surface area contributed by atoms with E-state index < -0.39 is 0 Å². The molecule has 19 heavy (non-hydrogen) atoms. The van der Waals surface area contributed by atoms with Gasteiger partial charge in [0.1, 0.15) is 5.75 Å². The number of carbonyl (C=O) groups excluding carboxylic acids is 1. The average Bonchev–Trinajstić information content (AvgIpc) is 3.13. The van der Waals surface area contributed by atoms with Gasteiger partial charge in [0, 0.05) is 18.2 Å². The lowest BCUT2D eigenvalue weighted by Crippen LogP contribution is -2.36. The van der Waals surface area contributed by atoms with Crippen LogP contribution in [0.1, 0.15) is 29.6 Å². The lowest BCUT2D eigenvalue weighted by atomic mass is 10.2. The van der Waals surface area contributed by atoms with Gasteiger partial charge in [-0.05, 0) is 56.0 Å². The van der Waals surface area contributed by atoms with Crippen molar-refractivity contribution in [1.82, 2.24) is 10.6 Å². The van der Waals surface area contributed by atoms with Crippen molar-refractivity contribution in [2.24, 2.45) is 5.92 Å². The van der Waals surface area contributed by atoms with E-state index in [0.717, 1.165) is 37.8 Å². The Morgan fingerprint density at radius 1 is 1.26 bits per heavy atom. The standard InChI is InChI=1S/C15H20N2O2/c18-15(17-13-7-8-16-9-13)12-3-5-14(6-4-12)19-10-11-1-2-11/h3-6,11,13,16H,1-2,7-10H2,(H,17,18). The fourth-order valence-corrected chi connectivity index (χ4v) is 2.25. The number of amides is 1. The van der Waals surface area contributed by atoms with Gasteiger partial charge in [0.2, 0.25) is 0 Å². The second-order valence-corrected chi connectivity index (χ2v) is 5.44. The molecule has 0 spiro atoms. The Labute approximate surface area is 113 Å². The largest absolute Gasteiger partial charge is 0.493 e. The van der Waals surface area contributed by atoms with Gasteiger partial charge < -0.3 is 15.4 Å². The van der Waals surface area contributed by atoms with Crippen molar-refractivity contribution < 1.29 is 9.53 Å². The highest BCUT2D eigenvalue weighted by Gasteiger charge is 2.22. The van der Waals surface area contributed by atoms with E-state index in [0.29, 0.717) is 5.56 Å². The molecule has 0 radical (unpaired) electrons. The summed E-state index contributed by atoms with van der Waals surface area (Å²) in [5, 5.41) is 6.27. The lowest BCUT2D eigenvalue weighted by molar-refractivity contribution is 0.0940. The molecule has 0 bridgehead atoms. The first-order valence-electron chi connectivity index (χ1n) is 7.06. The number of hydrogen-bond acceptors (Lipinski definition) is 3. The van der Waals surface area contributed by atoms with Crippen molar-refractivity contribution in [3.05, 3.63) is 29.8 Å². The van der Waals surface area contributed by atoms with Gasteiger partial charge in [-0.15, -0.1) is 0 Å². The van der Waals surface area contributed by atoms with Crippen LogP contribution in [-0.4, -0.2) is 31.6 Å². The van der Waals surface area contributed by atoms with Crippen molar-refractivity contribution >= 4 is 5.91 Å². The average molecular weight is 260 g/mol. The van der Waals surface area contributed by atoms with Crippen LogP contribution in [0.5, 0.6) is 5.75 Å². The second kappa shape index (κ2) is 5.61. The molecule has 2 aliphatic rings. The molecule has 1 aliphatic heterocycles.